The minimum atomic E-state index is -0.648. The lowest BCUT2D eigenvalue weighted by atomic mass is 9.88. The number of anilines is 2. The Morgan fingerprint density at radius 1 is 1.18 bits per heavy atom. The highest BCUT2D eigenvalue weighted by Crippen LogP contribution is 2.40. The van der Waals surface area contributed by atoms with Crippen molar-refractivity contribution in [2.24, 2.45) is 0 Å². The van der Waals surface area contributed by atoms with Crippen molar-refractivity contribution < 1.29 is 18.8 Å². The van der Waals surface area contributed by atoms with Crippen molar-refractivity contribution in [2.45, 2.75) is 33.2 Å². The molecule has 1 N–H and O–H groups in total. The van der Waals surface area contributed by atoms with Crippen LogP contribution in [0.5, 0.6) is 0 Å². The van der Waals surface area contributed by atoms with E-state index in [9.17, 15) is 18.8 Å². The Bertz CT molecular complexity index is 1250. The third kappa shape index (κ3) is 4.50. The third-order valence-corrected chi connectivity index (χ3v) is 6.85. The number of likely N-dealkylation sites (N-methyl/N-ethyl adjacent to an activating group) is 1. The Morgan fingerprint density at radius 2 is 1.91 bits per heavy atom. The van der Waals surface area contributed by atoms with E-state index in [0.29, 0.717) is 0 Å². The van der Waals surface area contributed by atoms with Crippen LogP contribution in [0.1, 0.15) is 38.8 Å². The van der Waals surface area contributed by atoms with Gasteiger partial charge in [-0.2, -0.15) is 0 Å². The molecule has 0 unspecified atom stereocenters. The molecule has 2 aliphatic heterocycles. The van der Waals surface area contributed by atoms with E-state index >= 15 is 0 Å². The molecule has 2 aromatic carbocycles. The molecule has 0 spiro atoms. The van der Waals surface area contributed by atoms with Crippen LogP contribution in [0, 0.1) is 5.82 Å². The van der Waals surface area contributed by atoms with Crippen molar-refractivity contribution >= 4 is 51.8 Å². The van der Waals surface area contributed by atoms with E-state index in [4.69, 9.17) is 0 Å². The number of hydrogen-bond acceptors (Lipinski definition) is 5. The molecule has 4 rings (SSSR count). The highest BCUT2D eigenvalue weighted by molar-refractivity contribution is 8.18. The number of halogens is 1. The van der Waals surface area contributed by atoms with E-state index < -0.39 is 29.4 Å². The van der Waals surface area contributed by atoms with Crippen LogP contribution in [0.15, 0.2) is 53.4 Å². The number of para-hydroxylation sites is 1. The first kappa shape index (κ1) is 23.8. The number of thioether (sulfide) groups is 1. The van der Waals surface area contributed by atoms with Crippen molar-refractivity contribution in [2.75, 3.05) is 23.3 Å². The third-order valence-electron chi connectivity index (χ3n) is 5.94. The van der Waals surface area contributed by atoms with Gasteiger partial charge in [-0.1, -0.05) is 24.3 Å². The largest absolute Gasteiger partial charge is 0.363 e. The topological polar surface area (TPSA) is 69.7 Å². The molecule has 2 heterocycles. The van der Waals surface area contributed by atoms with E-state index in [2.05, 4.69) is 44.0 Å². The quantitative estimate of drug-likeness (QED) is 0.572. The van der Waals surface area contributed by atoms with Gasteiger partial charge in [-0.15, -0.1) is 0 Å². The maximum absolute atomic E-state index is 13.8. The minimum Gasteiger partial charge on any atom is -0.363 e. The summed E-state index contributed by atoms with van der Waals surface area (Å²) in [5.74, 6) is -1.78. The Hall–Kier alpha value is -3.39. The number of imide groups is 1. The monoisotopic (exact) mass is 479 g/mol. The summed E-state index contributed by atoms with van der Waals surface area (Å²) in [6.45, 7) is 8.91. The number of benzene rings is 2. The van der Waals surface area contributed by atoms with Crippen molar-refractivity contribution in [3.8, 4) is 0 Å². The predicted molar refractivity (Wildman–Crippen MR) is 135 cm³/mol. The molecule has 6 nitrogen and oxygen atoms in total. The van der Waals surface area contributed by atoms with E-state index in [1.54, 1.807) is 12.1 Å². The number of amides is 3. The maximum atomic E-state index is 13.8. The van der Waals surface area contributed by atoms with Crippen molar-refractivity contribution in [1.29, 1.82) is 0 Å². The van der Waals surface area contributed by atoms with Gasteiger partial charge < -0.3 is 10.2 Å². The van der Waals surface area contributed by atoms with E-state index in [0.717, 1.165) is 45.6 Å². The number of nitrogens with zero attached hydrogens (tertiary/aromatic N) is 2. The second-order valence-corrected chi connectivity index (χ2v) is 9.79. The number of carbonyl (C=O) groups excluding carboxylic acids is 3. The maximum Gasteiger partial charge on any atom is 0.294 e. The molecule has 2 aliphatic rings. The number of hydrogen-bond donors (Lipinski definition) is 1. The Labute approximate surface area is 202 Å². The molecular formula is C26H26FN3O3S. The Balaban J connectivity index is 1.53. The second-order valence-electron chi connectivity index (χ2n) is 8.80. The van der Waals surface area contributed by atoms with Gasteiger partial charge in [0.25, 0.3) is 11.1 Å². The molecule has 0 atom stereocenters. The van der Waals surface area contributed by atoms with Gasteiger partial charge >= 0.3 is 0 Å². The first-order valence-corrected chi connectivity index (χ1v) is 11.8. The van der Waals surface area contributed by atoms with Gasteiger partial charge in [0, 0.05) is 17.8 Å². The second kappa shape index (κ2) is 9.10. The van der Waals surface area contributed by atoms with E-state index in [1.807, 2.05) is 18.2 Å². The van der Waals surface area contributed by atoms with E-state index in [1.165, 1.54) is 18.2 Å². The average molecular weight is 480 g/mol. The summed E-state index contributed by atoms with van der Waals surface area (Å²) in [5, 5.41) is 1.86. The number of carbonyl (C=O) groups is 3. The smallest absolute Gasteiger partial charge is 0.294 e. The zero-order chi connectivity index (χ0) is 24.6. The lowest BCUT2D eigenvalue weighted by molar-refractivity contribution is -0.127. The summed E-state index contributed by atoms with van der Waals surface area (Å²) in [4.78, 5) is 41.0. The fourth-order valence-corrected chi connectivity index (χ4v) is 5.29. The fourth-order valence-electron chi connectivity index (χ4n) is 4.45. The predicted octanol–water partition coefficient (Wildman–Crippen LogP) is 5.52. The lowest BCUT2D eigenvalue weighted by Gasteiger charge is -2.42. The van der Waals surface area contributed by atoms with Crippen LogP contribution in [-0.4, -0.2) is 40.6 Å². The first-order chi connectivity index (χ1) is 16.1. The molecule has 0 saturated carbocycles. The van der Waals surface area contributed by atoms with Crippen LogP contribution >= 0.6 is 11.8 Å². The number of rotatable bonds is 5. The molecule has 176 valence electrons. The zero-order valence-corrected chi connectivity index (χ0v) is 20.3. The molecule has 34 heavy (non-hydrogen) atoms. The van der Waals surface area contributed by atoms with Gasteiger partial charge in [-0.05, 0) is 80.9 Å². The number of nitrogens with one attached hydrogen (secondary N) is 1. The molecule has 1 fully saturated rings. The Kier molecular flexibility index (Phi) is 6.36. The molecule has 0 aliphatic carbocycles. The van der Waals surface area contributed by atoms with Crippen LogP contribution in [0.25, 0.3) is 11.6 Å². The van der Waals surface area contributed by atoms with Gasteiger partial charge in [0.1, 0.15) is 12.4 Å². The van der Waals surface area contributed by atoms with Gasteiger partial charge in [-0.25, -0.2) is 4.39 Å². The summed E-state index contributed by atoms with van der Waals surface area (Å²) in [5.41, 5.74) is 4.05. The van der Waals surface area contributed by atoms with Crippen molar-refractivity contribution in [3.63, 3.8) is 0 Å². The van der Waals surface area contributed by atoms with Crippen molar-refractivity contribution in [1.82, 2.24) is 4.90 Å². The van der Waals surface area contributed by atoms with Crippen molar-refractivity contribution in [3.05, 3.63) is 70.4 Å². The molecule has 0 aromatic heterocycles. The molecule has 0 bridgehead atoms. The number of fused-ring (bicyclic) bond motifs is 1. The lowest BCUT2D eigenvalue weighted by Crippen LogP contribution is -2.44. The molecule has 0 radical (unpaired) electrons. The highest BCUT2D eigenvalue weighted by atomic mass is 32.2. The van der Waals surface area contributed by atoms with Crippen LogP contribution in [0.2, 0.25) is 0 Å². The fraction of sp³-hybridized carbons (Fsp3) is 0.269. The molecule has 8 heteroatoms. The van der Waals surface area contributed by atoms with Gasteiger partial charge in [0.15, 0.2) is 0 Å². The SMILES string of the molecule is CCN1c2ccc(/C=C3/SC(=O)N(CC(=O)Nc4ccccc4F)C3=O)cc2C(C)=CC1(C)C. The first-order valence-electron chi connectivity index (χ1n) is 11.0. The standard InChI is InChI=1S/C26H26FN3O3S/c1-5-30-21-11-10-17(12-18(21)16(2)14-26(30,3)4)13-22-24(32)29(25(33)34-22)15-23(31)28-20-9-7-6-8-19(20)27/h6-14H,5,15H2,1-4H3,(H,28,31)/b22-13+. The van der Waals surface area contributed by atoms with E-state index in [-0.39, 0.29) is 16.1 Å². The highest BCUT2D eigenvalue weighted by Gasteiger charge is 2.36. The molecule has 1 saturated heterocycles. The Morgan fingerprint density at radius 3 is 2.62 bits per heavy atom. The zero-order valence-electron chi connectivity index (χ0n) is 19.5. The van der Waals surface area contributed by atoms with Gasteiger partial charge in [0.2, 0.25) is 5.91 Å². The average Bonchev–Trinajstić information content (AvgIpc) is 3.02. The van der Waals surface area contributed by atoms with Crippen LogP contribution in [0.4, 0.5) is 20.6 Å². The van der Waals surface area contributed by atoms with Crippen LogP contribution in [0.3, 0.4) is 0 Å². The molecule has 3 amide bonds. The molecule has 2 aromatic rings. The summed E-state index contributed by atoms with van der Waals surface area (Å²) < 4.78 is 13.8. The summed E-state index contributed by atoms with van der Waals surface area (Å²) in [6.07, 6.45) is 3.90. The normalized spacial score (nSPS) is 18.3. The van der Waals surface area contributed by atoms with Gasteiger partial charge in [0.05, 0.1) is 16.1 Å². The van der Waals surface area contributed by atoms with Crippen LogP contribution < -0.4 is 10.2 Å². The van der Waals surface area contributed by atoms with Crippen LogP contribution in [-0.2, 0) is 9.59 Å². The summed E-state index contributed by atoms with van der Waals surface area (Å²) >= 11 is 0.790. The summed E-state index contributed by atoms with van der Waals surface area (Å²) in [6, 6.07) is 11.7. The molecular weight excluding hydrogens is 453 g/mol. The summed E-state index contributed by atoms with van der Waals surface area (Å²) in [7, 11) is 0. The number of allylic oxidation sites excluding steroid dienone is 1. The minimum absolute atomic E-state index is 0.00296. The van der Waals surface area contributed by atoms with Gasteiger partial charge in [-0.3, -0.25) is 19.3 Å².